The predicted octanol–water partition coefficient (Wildman–Crippen LogP) is 3.59. The van der Waals surface area contributed by atoms with Gasteiger partial charge in [0.15, 0.2) is 0 Å². The van der Waals surface area contributed by atoms with Gasteiger partial charge in [0.1, 0.15) is 0 Å². The lowest BCUT2D eigenvalue weighted by molar-refractivity contribution is -0.137. The van der Waals surface area contributed by atoms with Crippen molar-refractivity contribution in [1.29, 1.82) is 0 Å². The lowest BCUT2D eigenvalue weighted by Crippen LogP contribution is -2.03. The summed E-state index contributed by atoms with van der Waals surface area (Å²) in [6, 6.07) is 3.38. The summed E-state index contributed by atoms with van der Waals surface area (Å²) in [5.41, 5.74) is 0.833. The van der Waals surface area contributed by atoms with E-state index in [-0.39, 0.29) is 0 Å². The summed E-state index contributed by atoms with van der Waals surface area (Å²) in [6.07, 6.45) is -2.98. The van der Waals surface area contributed by atoms with Crippen LogP contribution in [-0.4, -0.2) is 4.98 Å². The molecular weight excluding hydrogens is 211 g/mol. The second-order valence-corrected chi connectivity index (χ2v) is 3.68. The van der Waals surface area contributed by atoms with Gasteiger partial charge < -0.3 is 0 Å². The van der Waals surface area contributed by atoms with Gasteiger partial charge >= 0.3 is 6.18 Å². The Bertz CT molecular complexity index is 355. The summed E-state index contributed by atoms with van der Waals surface area (Å²) in [5, 5.41) is 0. The molecule has 0 atom stereocenters. The first-order valence-electron chi connectivity index (χ1n) is 3.81. The van der Waals surface area contributed by atoms with Gasteiger partial charge in [-0.3, -0.25) is 4.98 Å². The summed E-state index contributed by atoms with van der Waals surface area (Å²) in [4.78, 5) is 4.32. The highest BCUT2D eigenvalue weighted by Gasteiger charge is 2.29. The van der Waals surface area contributed by atoms with E-state index < -0.39 is 11.7 Å². The molecule has 1 rings (SSSR count). The smallest absolute Gasteiger partial charge is 0.254 e. The van der Waals surface area contributed by atoms with Crippen molar-refractivity contribution in [2.45, 2.75) is 13.1 Å². The van der Waals surface area contributed by atoms with Crippen molar-refractivity contribution in [2.24, 2.45) is 0 Å². The topological polar surface area (TPSA) is 12.9 Å². The maximum atomic E-state index is 12.4. The molecule has 76 valence electrons. The minimum atomic E-state index is -4.31. The Morgan fingerprint density at radius 1 is 1.36 bits per heavy atom. The zero-order valence-corrected chi connectivity index (χ0v) is 8.19. The van der Waals surface area contributed by atoms with E-state index in [1.165, 1.54) is 17.8 Å². The van der Waals surface area contributed by atoms with Crippen LogP contribution in [0.5, 0.6) is 0 Å². The van der Waals surface area contributed by atoms with Crippen LogP contribution in [0.15, 0.2) is 29.9 Å². The zero-order valence-electron chi connectivity index (χ0n) is 7.38. The van der Waals surface area contributed by atoms with Crippen LogP contribution >= 0.6 is 11.3 Å². The number of halogens is 3. The Morgan fingerprint density at radius 2 is 2.07 bits per heavy atom. The van der Waals surface area contributed by atoms with Gasteiger partial charge in [-0.2, -0.15) is 13.2 Å². The van der Waals surface area contributed by atoms with Crippen LogP contribution in [0.4, 0.5) is 13.2 Å². The standard InChI is InChI=1S/C9H8F3NS/c1-7-5-8(9(10,11)12)3-2-4-13-6-14-7/h2-6H,1H3. The van der Waals surface area contributed by atoms with Crippen molar-refractivity contribution in [1.82, 2.24) is 4.98 Å². The Kier molecular flexibility index (Phi) is 3.46. The van der Waals surface area contributed by atoms with E-state index in [1.54, 1.807) is 6.92 Å². The van der Waals surface area contributed by atoms with E-state index in [0.29, 0.717) is 4.88 Å². The Balaban J connectivity index is 3.34. The fourth-order valence-electron chi connectivity index (χ4n) is 0.823. The number of rotatable bonds is 0. The number of alkyl halides is 3. The summed E-state index contributed by atoms with van der Waals surface area (Å²) in [6.45, 7) is 1.61. The minimum absolute atomic E-state index is 0.557. The second kappa shape index (κ2) is 4.41. The Morgan fingerprint density at radius 3 is 2.71 bits per heavy atom. The molecule has 0 fully saturated rings. The molecule has 0 saturated heterocycles. The first kappa shape index (κ1) is 11.0. The third kappa shape index (κ3) is 3.33. The van der Waals surface area contributed by atoms with Gasteiger partial charge in [-0.05, 0) is 25.1 Å². The van der Waals surface area contributed by atoms with Crippen LogP contribution in [0.2, 0.25) is 0 Å². The lowest BCUT2D eigenvalue weighted by atomic mass is 10.2. The van der Waals surface area contributed by atoms with Gasteiger partial charge in [-0.1, -0.05) is 0 Å². The van der Waals surface area contributed by atoms with Crippen molar-refractivity contribution in [2.75, 3.05) is 0 Å². The van der Waals surface area contributed by atoms with E-state index in [9.17, 15) is 13.2 Å². The fraction of sp³-hybridized carbons (Fsp3) is 0.222. The van der Waals surface area contributed by atoms with Crippen LogP contribution in [0.3, 0.4) is 0 Å². The molecular formula is C9H8F3NS. The van der Waals surface area contributed by atoms with Gasteiger partial charge in [-0.25, -0.2) is 0 Å². The van der Waals surface area contributed by atoms with Crippen LogP contribution < -0.4 is 0 Å². The van der Waals surface area contributed by atoms with Gasteiger partial charge in [0.25, 0.3) is 0 Å². The lowest BCUT2D eigenvalue weighted by Gasteiger charge is -2.03. The Hall–Kier alpha value is -1.10. The molecule has 0 bridgehead atoms. The quantitative estimate of drug-likeness (QED) is 0.649. The summed E-state index contributed by atoms with van der Waals surface area (Å²) >= 11 is 1.16. The van der Waals surface area contributed by atoms with Gasteiger partial charge in [0.05, 0.1) is 11.1 Å². The summed E-state index contributed by atoms with van der Waals surface area (Å²) in [5.74, 6) is 0. The van der Waals surface area contributed by atoms with Crippen molar-refractivity contribution in [3.8, 4) is 0 Å². The molecule has 5 heteroatoms. The van der Waals surface area contributed by atoms with Crippen molar-refractivity contribution in [3.63, 3.8) is 0 Å². The first-order valence-corrected chi connectivity index (χ1v) is 4.69. The SMILES string of the molecule is Cc1cc(C(F)(F)F)cccncs1. The van der Waals surface area contributed by atoms with Crippen molar-refractivity contribution < 1.29 is 13.2 Å². The summed E-state index contributed by atoms with van der Waals surface area (Å²) < 4.78 is 37.1. The normalized spacial score (nSPS) is 10.9. The molecule has 0 aliphatic carbocycles. The third-order valence-corrected chi connectivity index (χ3v) is 2.15. The zero-order chi connectivity index (χ0) is 10.6. The van der Waals surface area contributed by atoms with Crippen LogP contribution in [-0.2, 0) is 6.18 Å². The molecule has 1 heterocycles. The molecule has 0 aliphatic rings. The maximum Gasteiger partial charge on any atom is 0.416 e. The van der Waals surface area contributed by atoms with E-state index in [4.69, 9.17) is 0 Å². The fourth-order valence-corrected chi connectivity index (χ4v) is 1.31. The summed E-state index contributed by atoms with van der Waals surface area (Å²) in [7, 11) is 0. The number of nitrogens with zero attached hydrogens (tertiary/aromatic N) is 1. The Labute approximate surface area is 83.6 Å². The van der Waals surface area contributed by atoms with Crippen LogP contribution in [0.1, 0.15) is 10.4 Å². The monoisotopic (exact) mass is 219 g/mol. The molecule has 0 saturated carbocycles. The highest BCUT2D eigenvalue weighted by atomic mass is 32.1. The molecule has 0 N–H and O–H groups in total. The van der Waals surface area contributed by atoms with E-state index in [2.05, 4.69) is 4.98 Å². The number of aromatic nitrogens is 1. The highest BCUT2D eigenvalue weighted by molar-refractivity contribution is 7.09. The third-order valence-electron chi connectivity index (χ3n) is 1.43. The van der Waals surface area contributed by atoms with E-state index >= 15 is 0 Å². The second-order valence-electron chi connectivity index (χ2n) is 2.59. The van der Waals surface area contributed by atoms with Gasteiger partial charge in [0.2, 0.25) is 0 Å². The number of hydrogen-bond acceptors (Lipinski definition) is 2. The average Bonchev–Trinajstić information content (AvgIpc) is 2.15. The van der Waals surface area contributed by atoms with Crippen molar-refractivity contribution >= 4 is 11.3 Å². The predicted molar refractivity (Wildman–Crippen MR) is 49.5 cm³/mol. The van der Waals surface area contributed by atoms with E-state index in [0.717, 1.165) is 23.5 Å². The molecule has 0 unspecified atom stereocenters. The average molecular weight is 219 g/mol. The highest BCUT2D eigenvalue weighted by Crippen LogP contribution is 2.28. The molecule has 1 aromatic rings. The van der Waals surface area contributed by atoms with Crippen molar-refractivity contribution in [3.05, 3.63) is 40.3 Å². The number of hydrogen-bond donors (Lipinski definition) is 0. The van der Waals surface area contributed by atoms with Gasteiger partial charge in [0, 0.05) is 11.1 Å². The molecule has 1 aromatic heterocycles. The first-order chi connectivity index (χ1) is 6.50. The molecule has 0 radical (unpaired) electrons. The largest absolute Gasteiger partial charge is 0.416 e. The van der Waals surface area contributed by atoms with Crippen LogP contribution in [0, 0.1) is 6.92 Å². The molecule has 1 nitrogen and oxygen atoms in total. The minimum Gasteiger partial charge on any atom is -0.254 e. The molecule has 0 spiro atoms. The molecule has 0 amide bonds. The number of aryl methyl sites for hydroxylation is 1. The molecule has 0 aliphatic heterocycles. The molecule has 0 aromatic carbocycles. The van der Waals surface area contributed by atoms with E-state index in [1.807, 2.05) is 0 Å². The van der Waals surface area contributed by atoms with Crippen LogP contribution in [0.25, 0.3) is 0 Å². The van der Waals surface area contributed by atoms with Gasteiger partial charge in [-0.15, -0.1) is 11.3 Å². The molecule has 14 heavy (non-hydrogen) atoms. The maximum absolute atomic E-state index is 12.4.